The van der Waals surface area contributed by atoms with Crippen molar-refractivity contribution in [2.24, 2.45) is 5.41 Å². The molecule has 0 spiro atoms. The van der Waals surface area contributed by atoms with Crippen molar-refractivity contribution >= 4 is 28.1 Å². The summed E-state index contributed by atoms with van der Waals surface area (Å²) in [4.78, 5) is 17.4. The maximum absolute atomic E-state index is 14.2. The van der Waals surface area contributed by atoms with Gasteiger partial charge in [0.05, 0.1) is 16.8 Å². The Hall–Kier alpha value is -3.08. The summed E-state index contributed by atoms with van der Waals surface area (Å²) >= 11 is 0. The second kappa shape index (κ2) is 6.51. The fourth-order valence-corrected chi connectivity index (χ4v) is 3.97. The van der Waals surface area contributed by atoms with Crippen LogP contribution in [-0.2, 0) is 11.2 Å². The van der Waals surface area contributed by atoms with Gasteiger partial charge in [0.15, 0.2) is 0 Å². The molecule has 1 aliphatic rings. The molecule has 3 aromatic rings. The normalized spacial score (nSPS) is 18.8. The zero-order chi connectivity index (χ0) is 20.1. The first-order valence-corrected chi connectivity index (χ1v) is 9.11. The van der Waals surface area contributed by atoms with Gasteiger partial charge in [-0.25, -0.2) is 13.8 Å². The molecule has 142 valence electrons. The van der Waals surface area contributed by atoms with Gasteiger partial charge in [-0.05, 0) is 49.1 Å². The average molecular weight is 378 g/mol. The van der Waals surface area contributed by atoms with Crippen LogP contribution < -0.4 is 5.32 Å². The molecule has 0 saturated carbocycles. The number of benzene rings is 2. The molecule has 5 heteroatoms. The van der Waals surface area contributed by atoms with Crippen molar-refractivity contribution in [3.8, 4) is 0 Å². The highest BCUT2D eigenvalue weighted by Crippen LogP contribution is 2.42. The number of nitrogens with one attached hydrogen (secondary N) is 1. The van der Waals surface area contributed by atoms with Gasteiger partial charge in [-0.1, -0.05) is 37.8 Å². The molecule has 1 heterocycles. The van der Waals surface area contributed by atoms with Gasteiger partial charge in [0.1, 0.15) is 17.2 Å². The van der Waals surface area contributed by atoms with Gasteiger partial charge in [-0.2, -0.15) is 0 Å². The van der Waals surface area contributed by atoms with Crippen LogP contribution in [0.1, 0.15) is 30.2 Å². The first-order valence-electron chi connectivity index (χ1n) is 9.11. The minimum atomic E-state index is -0.763. The number of fused-ring (bicyclic) bond motifs is 2. The molecule has 0 fully saturated rings. The number of hydrogen-bond donors (Lipinski definition) is 1. The number of halogens is 2. The van der Waals surface area contributed by atoms with Crippen molar-refractivity contribution in [3.63, 3.8) is 0 Å². The monoisotopic (exact) mass is 378 g/mol. The number of rotatable bonds is 2. The van der Waals surface area contributed by atoms with E-state index >= 15 is 0 Å². The molecule has 1 atom stereocenters. The van der Waals surface area contributed by atoms with Crippen LogP contribution in [0.15, 0.2) is 49.0 Å². The topological polar surface area (TPSA) is 42.0 Å². The van der Waals surface area contributed by atoms with E-state index in [1.807, 2.05) is 13.0 Å². The number of hydrogen-bond acceptors (Lipinski definition) is 2. The predicted molar refractivity (Wildman–Crippen MR) is 107 cm³/mol. The molecule has 0 radical (unpaired) electrons. The average Bonchev–Trinajstić information content (AvgIpc) is 2.63. The molecule has 1 amide bonds. The highest BCUT2D eigenvalue weighted by atomic mass is 19.1. The van der Waals surface area contributed by atoms with Crippen LogP contribution in [0.2, 0.25) is 0 Å². The maximum Gasteiger partial charge on any atom is 0.231 e. The number of aromatic nitrogens is 1. The van der Waals surface area contributed by atoms with E-state index < -0.39 is 11.2 Å². The number of carbonyl (C=O) groups is 1. The third-order valence-corrected chi connectivity index (χ3v) is 5.42. The van der Waals surface area contributed by atoms with Gasteiger partial charge < -0.3 is 5.32 Å². The molecule has 2 aromatic carbocycles. The highest BCUT2D eigenvalue weighted by molar-refractivity contribution is 5.99. The summed E-state index contributed by atoms with van der Waals surface area (Å²) in [6.45, 7) is 7.58. The summed E-state index contributed by atoms with van der Waals surface area (Å²) in [6, 6.07) is 11.3. The van der Waals surface area contributed by atoms with Gasteiger partial charge in [0, 0.05) is 10.9 Å². The van der Waals surface area contributed by atoms with Crippen LogP contribution in [0.4, 0.5) is 14.5 Å². The molecule has 1 aromatic heterocycles. The van der Waals surface area contributed by atoms with E-state index in [1.54, 1.807) is 31.2 Å². The Labute approximate surface area is 162 Å². The summed E-state index contributed by atoms with van der Waals surface area (Å²) in [6.07, 6.45) is 0.779. The van der Waals surface area contributed by atoms with Gasteiger partial charge in [0.25, 0.3) is 0 Å². The molecule has 0 aliphatic heterocycles. The summed E-state index contributed by atoms with van der Waals surface area (Å²) in [5.74, 6) is -0.890. The first kappa shape index (κ1) is 18.3. The lowest BCUT2D eigenvalue weighted by molar-refractivity contribution is -0.124. The fraction of sp³-hybridized carbons (Fsp3) is 0.217. The van der Waals surface area contributed by atoms with E-state index in [1.165, 1.54) is 12.1 Å². The van der Waals surface area contributed by atoms with Gasteiger partial charge in [-0.15, -0.1) is 0 Å². The SMILES string of the molecule is C=C1CC(C)(C(=O)Nc2cc3cccc(F)c3nc2C)Cc2cccc(F)c21. The molecular formula is C23H20F2N2O. The van der Waals surface area contributed by atoms with Crippen LogP contribution >= 0.6 is 0 Å². The molecule has 3 nitrogen and oxygen atoms in total. The smallest absolute Gasteiger partial charge is 0.231 e. The minimum Gasteiger partial charge on any atom is -0.324 e. The molecule has 1 N–H and O–H groups in total. The summed E-state index contributed by atoms with van der Waals surface area (Å²) in [5, 5.41) is 3.56. The van der Waals surface area contributed by atoms with E-state index in [4.69, 9.17) is 0 Å². The number of pyridine rings is 1. The Morgan fingerprint density at radius 3 is 2.64 bits per heavy atom. The number of allylic oxidation sites excluding steroid dienone is 1. The Morgan fingerprint density at radius 1 is 1.14 bits per heavy atom. The standard InChI is InChI=1S/C23H20F2N2O/c1-13-11-23(3,12-16-7-5-8-17(24)20(13)16)22(28)27-19-10-15-6-4-9-18(25)21(15)26-14(19)2/h4-10H,1,11-12H2,2-3H3,(H,27,28). The zero-order valence-corrected chi connectivity index (χ0v) is 15.8. The number of carbonyl (C=O) groups excluding carboxylic acids is 1. The maximum atomic E-state index is 14.2. The first-order chi connectivity index (χ1) is 13.3. The van der Waals surface area contributed by atoms with E-state index in [9.17, 15) is 13.6 Å². The van der Waals surface area contributed by atoms with Crippen LogP contribution in [0, 0.1) is 24.0 Å². The molecule has 28 heavy (non-hydrogen) atoms. The van der Waals surface area contributed by atoms with Crippen LogP contribution in [0.3, 0.4) is 0 Å². The van der Waals surface area contributed by atoms with Crippen molar-refractivity contribution in [1.82, 2.24) is 4.98 Å². The Morgan fingerprint density at radius 2 is 1.86 bits per heavy atom. The molecule has 0 bridgehead atoms. The lowest BCUT2D eigenvalue weighted by Crippen LogP contribution is -2.38. The van der Waals surface area contributed by atoms with Crippen LogP contribution in [-0.4, -0.2) is 10.9 Å². The van der Waals surface area contributed by atoms with Crippen LogP contribution in [0.25, 0.3) is 16.5 Å². The molecular weight excluding hydrogens is 358 g/mol. The van der Waals surface area contributed by atoms with E-state index in [0.29, 0.717) is 40.7 Å². The molecule has 0 saturated heterocycles. The summed E-state index contributed by atoms with van der Waals surface area (Å²) in [5.41, 5.74) is 2.51. The molecule has 1 aliphatic carbocycles. The van der Waals surface area contributed by atoms with Crippen molar-refractivity contribution in [3.05, 3.63) is 77.5 Å². The van der Waals surface area contributed by atoms with Gasteiger partial charge in [0.2, 0.25) is 5.91 Å². The summed E-state index contributed by atoms with van der Waals surface area (Å²) < 4.78 is 28.1. The third-order valence-electron chi connectivity index (χ3n) is 5.42. The second-order valence-corrected chi connectivity index (χ2v) is 7.68. The lowest BCUT2D eigenvalue weighted by Gasteiger charge is -2.35. The number of amides is 1. The number of aryl methyl sites for hydroxylation is 1. The lowest BCUT2D eigenvalue weighted by atomic mass is 9.70. The Bertz CT molecular complexity index is 1140. The van der Waals surface area contributed by atoms with Gasteiger partial charge >= 0.3 is 0 Å². The minimum absolute atomic E-state index is 0.191. The molecule has 1 unspecified atom stereocenters. The third kappa shape index (κ3) is 2.97. The number of anilines is 1. The summed E-state index contributed by atoms with van der Waals surface area (Å²) in [7, 11) is 0. The van der Waals surface area contributed by atoms with Gasteiger partial charge in [-0.3, -0.25) is 4.79 Å². The Balaban J connectivity index is 1.66. The number of para-hydroxylation sites is 1. The number of nitrogens with zero attached hydrogens (tertiary/aromatic N) is 1. The fourth-order valence-electron chi connectivity index (χ4n) is 3.97. The highest BCUT2D eigenvalue weighted by Gasteiger charge is 2.39. The van der Waals surface area contributed by atoms with E-state index in [-0.39, 0.29) is 17.2 Å². The van der Waals surface area contributed by atoms with Crippen molar-refractivity contribution < 1.29 is 13.6 Å². The quantitative estimate of drug-likeness (QED) is 0.646. The largest absolute Gasteiger partial charge is 0.324 e. The van der Waals surface area contributed by atoms with E-state index in [2.05, 4.69) is 16.9 Å². The van der Waals surface area contributed by atoms with Crippen molar-refractivity contribution in [2.45, 2.75) is 26.7 Å². The molecule has 4 rings (SSSR count). The van der Waals surface area contributed by atoms with Crippen molar-refractivity contribution in [1.29, 1.82) is 0 Å². The zero-order valence-electron chi connectivity index (χ0n) is 15.8. The van der Waals surface area contributed by atoms with E-state index in [0.717, 1.165) is 5.56 Å². The van der Waals surface area contributed by atoms with Crippen molar-refractivity contribution in [2.75, 3.05) is 5.32 Å². The Kier molecular flexibility index (Phi) is 4.26. The predicted octanol–water partition coefficient (Wildman–Crippen LogP) is 5.43. The second-order valence-electron chi connectivity index (χ2n) is 7.68. The van der Waals surface area contributed by atoms with Crippen LogP contribution in [0.5, 0.6) is 0 Å².